The minimum Gasteiger partial charge on any atom is -0.465 e. The highest BCUT2D eigenvalue weighted by Gasteiger charge is 2.44. The molecule has 0 radical (unpaired) electrons. The summed E-state index contributed by atoms with van der Waals surface area (Å²) in [5.41, 5.74) is -0.136. The maximum Gasteiger partial charge on any atom is 0.302 e. The average Bonchev–Trinajstić information content (AvgIpc) is 2.06. The number of hydrogen-bond donors (Lipinski definition) is 1. The SMILES string of the molecule is CC(=O)OCCN1C(C)(C)CC(O)CC1(C)C. The van der Waals surface area contributed by atoms with Crippen molar-refractivity contribution in [3.8, 4) is 0 Å². The average molecular weight is 243 g/mol. The third-order valence-electron chi connectivity index (χ3n) is 3.55. The second-order valence-electron chi connectivity index (χ2n) is 6.18. The van der Waals surface area contributed by atoms with Gasteiger partial charge >= 0.3 is 5.97 Å². The van der Waals surface area contributed by atoms with Gasteiger partial charge < -0.3 is 9.84 Å². The first kappa shape index (κ1) is 14.5. The minimum atomic E-state index is -0.245. The Morgan fingerprint density at radius 2 is 1.76 bits per heavy atom. The molecule has 0 aromatic heterocycles. The van der Waals surface area contributed by atoms with Crippen molar-refractivity contribution in [1.29, 1.82) is 0 Å². The van der Waals surface area contributed by atoms with Crippen LogP contribution in [-0.2, 0) is 9.53 Å². The lowest BCUT2D eigenvalue weighted by Crippen LogP contribution is -2.62. The van der Waals surface area contributed by atoms with E-state index >= 15 is 0 Å². The summed E-state index contributed by atoms with van der Waals surface area (Å²) < 4.78 is 5.02. The first-order chi connectivity index (χ1) is 7.65. The van der Waals surface area contributed by atoms with Crippen LogP contribution in [-0.4, -0.2) is 46.3 Å². The van der Waals surface area contributed by atoms with Gasteiger partial charge in [0.25, 0.3) is 0 Å². The second-order valence-corrected chi connectivity index (χ2v) is 6.18. The van der Waals surface area contributed by atoms with Crippen molar-refractivity contribution in [2.45, 2.75) is 64.6 Å². The van der Waals surface area contributed by atoms with E-state index in [4.69, 9.17) is 4.74 Å². The van der Waals surface area contributed by atoms with Crippen LogP contribution < -0.4 is 0 Å². The van der Waals surface area contributed by atoms with Gasteiger partial charge in [0.05, 0.1) is 6.10 Å². The number of esters is 1. The molecule has 100 valence electrons. The molecule has 0 unspecified atom stereocenters. The van der Waals surface area contributed by atoms with Crippen molar-refractivity contribution in [3.05, 3.63) is 0 Å². The quantitative estimate of drug-likeness (QED) is 0.764. The zero-order chi connectivity index (χ0) is 13.3. The number of aliphatic hydroxyl groups excluding tert-OH is 1. The summed E-state index contributed by atoms with van der Waals surface area (Å²) in [7, 11) is 0. The van der Waals surface area contributed by atoms with E-state index in [1.165, 1.54) is 6.92 Å². The van der Waals surface area contributed by atoms with Crippen LogP contribution in [0.4, 0.5) is 0 Å². The standard InChI is InChI=1S/C13H25NO3/c1-10(15)17-7-6-14-12(2,3)8-11(16)9-13(14,4)5/h11,16H,6-9H2,1-5H3. The highest BCUT2D eigenvalue weighted by Crippen LogP contribution is 2.37. The van der Waals surface area contributed by atoms with Gasteiger partial charge in [0, 0.05) is 24.5 Å². The largest absolute Gasteiger partial charge is 0.465 e. The molecule has 0 spiro atoms. The summed E-state index contributed by atoms with van der Waals surface area (Å²) in [6, 6.07) is 0. The first-order valence-corrected chi connectivity index (χ1v) is 6.24. The number of rotatable bonds is 3. The number of aliphatic hydroxyl groups is 1. The van der Waals surface area contributed by atoms with Crippen LogP contribution in [0, 0.1) is 0 Å². The van der Waals surface area contributed by atoms with Crippen molar-refractivity contribution in [2.24, 2.45) is 0 Å². The van der Waals surface area contributed by atoms with Crippen LogP contribution in [0.5, 0.6) is 0 Å². The van der Waals surface area contributed by atoms with E-state index in [0.29, 0.717) is 13.2 Å². The number of carbonyl (C=O) groups excluding carboxylic acids is 1. The number of hydrogen-bond acceptors (Lipinski definition) is 4. The Labute approximate surface area is 104 Å². The molecule has 1 saturated heterocycles. The molecule has 0 amide bonds. The van der Waals surface area contributed by atoms with Gasteiger partial charge in [-0.05, 0) is 40.5 Å². The topological polar surface area (TPSA) is 49.8 Å². The molecule has 1 aliphatic heterocycles. The lowest BCUT2D eigenvalue weighted by molar-refractivity contribution is -0.144. The number of piperidine rings is 1. The van der Waals surface area contributed by atoms with Crippen molar-refractivity contribution >= 4 is 5.97 Å². The van der Waals surface area contributed by atoms with Crippen LogP contribution in [0.25, 0.3) is 0 Å². The van der Waals surface area contributed by atoms with Crippen molar-refractivity contribution in [2.75, 3.05) is 13.2 Å². The number of likely N-dealkylation sites (tertiary alicyclic amines) is 1. The summed E-state index contributed by atoms with van der Waals surface area (Å²) in [6.07, 6.45) is 1.28. The van der Waals surface area contributed by atoms with E-state index in [9.17, 15) is 9.90 Å². The lowest BCUT2D eigenvalue weighted by Gasteiger charge is -2.54. The van der Waals surface area contributed by atoms with E-state index in [-0.39, 0.29) is 23.2 Å². The summed E-state index contributed by atoms with van der Waals surface area (Å²) >= 11 is 0. The normalized spacial score (nSPS) is 24.6. The first-order valence-electron chi connectivity index (χ1n) is 6.24. The highest BCUT2D eigenvalue weighted by molar-refractivity contribution is 5.65. The molecule has 0 aromatic carbocycles. The van der Waals surface area contributed by atoms with E-state index in [1.54, 1.807) is 0 Å². The minimum absolute atomic E-state index is 0.0681. The predicted octanol–water partition coefficient (Wildman–Crippen LogP) is 1.56. The van der Waals surface area contributed by atoms with Gasteiger partial charge in [-0.1, -0.05) is 0 Å². The number of carbonyl (C=O) groups is 1. The molecule has 1 N–H and O–H groups in total. The van der Waals surface area contributed by atoms with Gasteiger partial charge in [-0.25, -0.2) is 0 Å². The Kier molecular flexibility index (Phi) is 4.20. The molecular weight excluding hydrogens is 218 g/mol. The number of ether oxygens (including phenoxy) is 1. The van der Waals surface area contributed by atoms with Gasteiger partial charge in [0.2, 0.25) is 0 Å². The molecule has 0 aliphatic carbocycles. The molecule has 1 aliphatic rings. The van der Waals surface area contributed by atoms with Crippen molar-refractivity contribution in [1.82, 2.24) is 4.90 Å². The Morgan fingerprint density at radius 3 is 2.18 bits per heavy atom. The fourth-order valence-electron chi connectivity index (χ4n) is 3.15. The Hall–Kier alpha value is -0.610. The monoisotopic (exact) mass is 243 g/mol. The highest BCUT2D eigenvalue weighted by atomic mass is 16.5. The third kappa shape index (κ3) is 3.68. The van der Waals surface area contributed by atoms with Gasteiger partial charge in [0.1, 0.15) is 6.61 Å². The molecule has 1 fully saturated rings. The lowest BCUT2D eigenvalue weighted by atomic mass is 9.78. The van der Waals surface area contributed by atoms with Gasteiger partial charge in [-0.2, -0.15) is 0 Å². The molecule has 17 heavy (non-hydrogen) atoms. The van der Waals surface area contributed by atoms with E-state index in [2.05, 4.69) is 32.6 Å². The van der Waals surface area contributed by atoms with Crippen LogP contribution in [0.15, 0.2) is 0 Å². The van der Waals surface area contributed by atoms with E-state index in [1.807, 2.05) is 0 Å². The van der Waals surface area contributed by atoms with Crippen LogP contribution in [0.1, 0.15) is 47.5 Å². The third-order valence-corrected chi connectivity index (χ3v) is 3.55. The molecule has 0 atom stereocenters. The van der Waals surface area contributed by atoms with E-state index < -0.39 is 0 Å². The molecule has 4 heteroatoms. The summed E-state index contributed by atoms with van der Waals surface area (Å²) in [6.45, 7) is 11.1. The Bertz CT molecular complexity index is 268. The second kappa shape index (κ2) is 4.94. The fraction of sp³-hybridized carbons (Fsp3) is 0.923. The summed E-state index contributed by atoms with van der Waals surface area (Å²) in [4.78, 5) is 13.1. The van der Waals surface area contributed by atoms with Gasteiger partial charge in [0.15, 0.2) is 0 Å². The van der Waals surface area contributed by atoms with E-state index in [0.717, 1.165) is 12.8 Å². The predicted molar refractivity (Wildman–Crippen MR) is 66.7 cm³/mol. The van der Waals surface area contributed by atoms with Crippen LogP contribution in [0.3, 0.4) is 0 Å². The zero-order valence-corrected chi connectivity index (χ0v) is 11.6. The summed E-state index contributed by atoms with van der Waals surface area (Å²) in [5, 5.41) is 9.90. The fourth-order valence-corrected chi connectivity index (χ4v) is 3.15. The van der Waals surface area contributed by atoms with Crippen LogP contribution >= 0.6 is 0 Å². The van der Waals surface area contributed by atoms with Crippen molar-refractivity contribution < 1.29 is 14.6 Å². The number of nitrogens with zero attached hydrogens (tertiary/aromatic N) is 1. The molecule has 1 heterocycles. The molecule has 0 aromatic rings. The van der Waals surface area contributed by atoms with Crippen molar-refractivity contribution in [3.63, 3.8) is 0 Å². The molecule has 4 nitrogen and oxygen atoms in total. The Balaban J connectivity index is 2.68. The zero-order valence-electron chi connectivity index (χ0n) is 11.6. The maximum atomic E-state index is 10.8. The smallest absolute Gasteiger partial charge is 0.302 e. The Morgan fingerprint density at radius 1 is 1.29 bits per heavy atom. The van der Waals surface area contributed by atoms with Gasteiger partial charge in [-0.3, -0.25) is 9.69 Å². The van der Waals surface area contributed by atoms with Crippen LogP contribution in [0.2, 0.25) is 0 Å². The maximum absolute atomic E-state index is 10.8. The molecule has 0 saturated carbocycles. The molecule has 0 bridgehead atoms. The summed E-state index contributed by atoms with van der Waals surface area (Å²) in [5.74, 6) is -0.238. The van der Waals surface area contributed by atoms with Gasteiger partial charge in [-0.15, -0.1) is 0 Å². The molecule has 1 rings (SSSR count). The molecular formula is C13H25NO3.